The molecule has 1 N–H and O–H groups in total. The maximum atomic E-state index is 12.4. The summed E-state index contributed by atoms with van der Waals surface area (Å²) in [5.41, 5.74) is -0.915. The second-order valence-electron chi connectivity index (χ2n) is 4.38. The fourth-order valence-electron chi connectivity index (χ4n) is 1.92. The average molecular weight is 260 g/mol. The van der Waals surface area contributed by atoms with Gasteiger partial charge in [-0.05, 0) is 25.5 Å². The van der Waals surface area contributed by atoms with Crippen molar-refractivity contribution < 1.29 is 17.9 Å². The number of nitrogens with zero attached hydrogens (tertiary/aromatic N) is 1. The molecule has 1 atom stereocenters. The zero-order chi connectivity index (χ0) is 13.0. The monoisotopic (exact) mass is 260 g/mol. The summed E-state index contributed by atoms with van der Waals surface area (Å²) in [5, 5.41) is 3.23. The predicted molar refractivity (Wildman–Crippen MR) is 60.3 cm³/mol. The number of hydrogen-bond donors (Lipinski definition) is 1. The molecule has 1 aliphatic rings. The van der Waals surface area contributed by atoms with Crippen LogP contribution in [0, 0.1) is 5.92 Å². The predicted octanol–water partition coefficient (Wildman–Crippen LogP) is 2.48. The highest BCUT2D eigenvalue weighted by Gasteiger charge is 2.32. The summed E-state index contributed by atoms with van der Waals surface area (Å²) in [6, 6.07) is 3.70. The van der Waals surface area contributed by atoms with E-state index in [-0.39, 0.29) is 5.88 Å². The second kappa shape index (κ2) is 5.56. The van der Waals surface area contributed by atoms with Crippen LogP contribution in [0.5, 0.6) is 5.88 Å². The Hall–Kier alpha value is -1.30. The highest BCUT2D eigenvalue weighted by molar-refractivity contribution is 5.17. The third-order valence-electron chi connectivity index (χ3n) is 2.88. The molecule has 18 heavy (non-hydrogen) atoms. The van der Waals surface area contributed by atoms with Gasteiger partial charge in [-0.2, -0.15) is 13.2 Å². The highest BCUT2D eigenvalue weighted by Crippen LogP contribution is 2.28. The molecule has 3 nitrogen and oxygen atoms in total. The summed E-state index contributed by atoms with van der Waals surface area (Å²) in [5.74, 6) is 0.380. The van der Waals surface area contributed by atoms with Crippen molar-refractivity contribution in [1.29, 1.82) is 0 Å². The van der Waals surface area contributed by atoms with E-state index in [9.17, 15) is 13.2 Å². The van der Waals surface area contributed by atoms with Crippen molar-refractivity contribution in [2.24, 2.45) is 5.92 Å². The van der Waals surface area contributed by atoms with Crippen LogP contribution in [0.25, 0.3) is 0 Å². The van der Waals surface area contributed by atoms with Gasteiger partial charge in [0.05, 0.1) is 6.61 Å². The molecule has 0 aliphatic carbocycles. The van der Waals surface area contributed by atoms with E-state index < -0.39 is 11.9 Å². The van der Waals surface area contributed by atoms with Crippen molar-refractivity contribution in [2.75, 3.05) is 19.7 Å². The number of pyridine rings is 1. The standard InChI is InChI=1S/C12H15F3N2O/c13-12(14,15)10-4-1-5-11(17-10)18-8-9-3-2-6-16-7-9/h1,4-5,9,16H,2-3,6-8H2/t9-/m0/s1. The Morgan fingerprint density at radius 2 is 2.22 bits per heavy atom. The van der Waals surface area contributed by atoms with Gasteiger partial charge in [-0.1, -0.05) is 6.07 Å². The number of ether oxygens (including phenoxy) is 1. The first-order chi connectivity index (χ1) is 8.55. The minimum absolute atomic E-state index is 0.0374. The van der Waals surface area contributed by atoms with E-state index in [4.69, 9.17) is 4.74 Å². The first-order valence-corrected chi connectivity index (χ1v) is 5.93. The molecular formula is C12H15F3N2O. The zero-order valence-corrected chi connectivity index (χ0v) is 9.83. The smallest absolute Gasteiger partial charge is 0.433 e. The van der Waals surface area contributed by atoms with Crippen molar-refractivity contribution in [3.8, 4) is 5.88 Å². The van der Waals surface area contributed by atoms with Crippen LogP contribution in [-0.2, 0) is 6.18 Å². The SMILES string of the molecule is FC(F)(F)c1cccc(OC[C@H]2CCCNC2)n1. The van der Waals surface area contributed by atoms with Gasteiger partial charge in [0.25, 0.3) is 0 Å². The molecule has 0 spiro atoms. The van der Waals surface area contributed by atoms with Crippen LogP contribution >= 0.6 is 0 Å². The molecule has 0 bridgehead atoms. The van der Waals surface area contributed by atoms with Gasteiger partial charge in [-0.3, -0.25) is 0 Å². The summed E-state index contributed by atoms with van der Waals surface area (Å²) in [4.78, 5) is 3.46. The van der Waals surface area contributed by atoms with E-state index in [0.717, 1.165) is 32.0 Å². The molecule has 0 radical (unpaired) electrons. The van der Waals surface area contributed by atoms with Gasteiger partial charge in [0.15, 0.2) is 0 Å². The molecule has 1 aliphatic heterocycles. The number of alkyl halides is 3. The average Bonchev–Trinajstić information content (AvgIpc) is 2.37. The highest BCUT2D eigenvalue weighted by atomic mass is 19.4. The largest absolute Gasteiger partial charge is 0.477 e. The Bertz CT molecular complexity index is 389. The molecule has 2 rings (SSSR count). The van der Waals surface area contributed by atoms with Gasteiger partial charge in [-0.15, -0.1) is 0 Å². The maximum absolute atomic E-state index is 12.4. The van der Waals surface area contributed by atoms with Crippen LogP contribution < -0.4 is 10.1 Å². The molecule has 0 aromatic carbocycles. The van der Waals surface area contributed by atoms with E-state index in [1.807, 2.05) is 0 Å². The van der Waals surface area contributed by atoms with Crippen LogP contribution in [0.4, 0.5) is 13.2 Å². The third kappa shape index (κ3) is 3.60. The van der Waals surface area contributed by atoms with Crippen LogP contribution in [0.1, 0.15) is 18.5 Å². The molecule has 0 amide bonds. The Kier molecular flexibility index (Phi) is 4.06. The minimum atomic E-state index is -4.42. The quantitative estimate of drug-likeness (QED) is 0.906. The molecule has 2 heterocycles. The minimum Gasteiger partial charge on any atom is -0.477 e. The number of halogens is 3. The van der Waals surface area contributed by atoms with E-state index >= 15 is 0 Å². The van der Waals surface area contributed by atoms with E-state index in [2.05, 4.69) is 10.3 Å². The Morgan fingerprint density at radius 1 is 1.39 bits per heavy atom. The fourth-order valence-corrected chi connectivity index (χ4v) is 1.92. The molecule has 1 aromatic heterocycles. The molecule has 1 fully saturated rings. The number of aromatic nitrogens is 1. The van der Waals surface area contributed by atoms with Gasteiger partial charge in [0.1, 0.15) is 5.69 Å². The van der Waals surface area contributed by atoms with Crippen LogP contribution in [-0.4, -0.2) is 24.7 Å². The number of nitrogens with one attached hydrogen (secondary N) is 1. The van der Waals surface area contributed by atoms with Crippen molar-refractivity contribution in [2.45, 2.75) is 19.0 Å². The van der Waals surface area contributed by atoms with Gasteiger partial charge in [0.2, 0.25) is 5.88 Å². The van der Waals surface area contributed by atoms with Gasteiger partial charge in [-0.25, -0.2) is 4.98 Å². The molecule has 0 saturated carbocycles. The van der Waals surface area contributed by atoms with Crippen LogP contribution in [0.15, 0.2) is 18.2 Å². The number of piperidine rings is 1. The molecule has 1 aromatic rings. The van der Waals surface area contributed by atoms with E-state index in [1.165, 1.54) is 12.1 Å². The first-order valence-electron chi connectivity index (χ1n) is 5.93. The summed E-state index contributed by atoms with van der Waals surface area (Å²) in [7, 11) is 0. The van der Waals surface area contributed by atoms with Crippen LogP contribution in [0.2, 0.25) is 0 Å². The van der Waals surface area contributed by atoms with Crippen molar-refractivity contribution >= 4 is 0 Å². The lowest BCUT2D eigenvalue weighted by Crippen LogP contribution is -2.33. The third-order valence-corrected chi connectivity index (χ3v) is 2.88. The van der Waals surface area contributed by atoms with Crippen LogP contribution in [0.3, 0.4) is 0 Å². The molecule has 100 valence electrons. The van der Waals surface area contributed by atoms with Crippen molar-refractivity contribution in [3.05, 3.63) is 23.9 Å². The summed E-state index contributed by atoms with van der Waals surface area (Å²) >= 11 is 0. The van der Waals surface area contributed by atoms with Gasteiger partial charge in [0, 0.05) is 18.5 Å². The Labute approximate surface area is 103 Å². The van der Waals surface area contributed by atoms with E-state index in [1.54, 1.807) is 0 Å². The zero-order valence-electron chi connectivity index (χ0n) is 9.83. The molecule has 1 saturated heterocycles. The Balaban J connectivity index is 1.92. The molecule has 0 unspecified atom stereocenters. The van der Waals surface area contributed by atoms with Crippen molar-refractivity contribution in [3.63, 3.8) is 0 Å². The Morgan fingerprint density at radius 3 is 2.89 bits per heavy atom. The van der Waals surface area contributed by atoms with Gasteiger partial charge < -0.3 is 10.1 Å². The lowest BCUT2D eigenvalue weighted by Gasteiger charge is -2.22. The summed E-state index contributed by atoms with van der Waals surface area (Å²) < 4.78 is 42.6. The lowest BCUT2D eigenvalue weighted by atomic mass is 10.0. The van der Waals surface area contributed by atoms with Gasteiger partial charge >= 0.3 is 6.18 Å². The normalized spacial score (nSPS) is 20.7. The number of rotatable bonds is 3. The first kappa shape index (κ1) is 13.1. The molecular weight excluding hydrogens is 245 g/mol. The van der Waals surface area contributed by atoms with E-state index in [0.29, 0.717) is 12.5 Å². The lowest BCUT2D eigenvalue weighted by molar-refractivity contribution is -0.141. The summed E-state index contributed by atoms with van der Waals surface area (Å²) in [6.07, 6.45) is -2.32. The number of hydrogen-bond acceptors (Lipinski definition) is 3. The molecule has 6 heteroatoms. The fraction of sp³-hybridized carbons (Fsp3) is 0.583. The second-order valence-corrected chi connectivity index (χ2v) is 4.38. The maximum Gasteiger partial charge on any atom is 0.433 e. The topological polar surface area (TPSA) is 34.1 Å². The van der Waals surface area contributed by atoms with Crippen molar-refractivity contribution in [1.82, 2.24) is 10.3 Å². The summed E-state index contributed by atoms with van der Waals surface area (Å²) in [6.45, 7) is 2.25.